The Bertz CT molecular complexity index is 1120. The summed E-state index contributed by atoms with van der Waals surface area (Å²) in [6.07, 6.45) is 1.36. The molecule has 0 saturated carbocycles. The van der Waals surface area contributed by atoms with Crippen LogP contribution in [0.4, 0.5) is 0 Å². The lowest BCUT2D eigenvalue weighted by molar-refractivity contribution is -0.141. The van der Waals surface area contributed by atoms with Crippen LogP contribution in [0.3, 0.4) is 0 Å². The first-order chi connectivity index (χ1) is 16.6. The average Bonchev–Trinajstić information content (AvgIpc) is 2.80. The van der Waals surface area contributed by atoms with Crippen molar-refractivity contribution in [3.05, 3.63) is 106 Å². The number of nitrogens with one attached hydrogen (secondary N) is 1. The molecule has 0 spiro atoms. The highest BCUT2D eigenvalue weighted by Gasteiger charge is 2.32. The van der Waals surface area contributed by atoms with Crippen LogP contribution in [0.2, 0.25) is 5.02 Å². The monoisotopic (exact) mass is 490 g/mol. The van der Waals surface area contributed by atoms with E-state index in [0.29, 0.717) is 30.8 Å². The van der Waals surface area contributed by atoms with Crippen LogP contribution in [0.25, 0.3) is 0 Å². The lowest BCUT2D eigenvalue weighted by Gasteiger charge is -2.34. The third-order valence-electron chi connectivity index (χ3n) is 5.76. The van der Waals surface area contributed by atoms with Crippen LogP contribution in [-0.2, 0) is 29.0 Å². The second-order valence-electron chi connectivity index (χ2n) is 10.1. The van der Waals surface area contributed by atoms with E-state index in [1.54, 1.807) is 4.90 Å². The lowest BCUT2D eigenvalue weighted by atomic mass is 9.99. The summed E-state index contributed by atoms with van der Waals surface area (Å²) in [5.74, 6) is -0.220. The Morgan fingerprint density at radius 2 is 1.54 bits per heavy atom. The zero-order chi connectivity index (χ0) is 25.4. The summed E-state index contributed by atoms with van der Waals surface area (Å²) in [5.41, 5.74) is 3.76. The first-order valence-corrected chi connectivity index (χ1v) is 12.4. The number of amides is 2. The zero-order valence-corrected chi connectivity index (χ0v) is 21.8. The van der Waals surface area contributed by atoms with Gasteiger partial charge in [-0.1, -0.05) is 83.9 Å². The molecule has 3 rings (SSSR count). The Morgan fingerprint density at radius 1 is 0.886 bits per heavy atom. The van der Waals surface area contributed by atoms with Crippen molar-refractivity contribution in [3.8, 4) is 0 Å². The molecule has 3 aromatic carbocycles. The van der Waals surface area contributed by atoms with Crippen molar-refractivity contribution < 1.29 is 9.59 Å². The quantitative estimate of drug-likeness (QED) is 0.392. The van der Waals surface area contributed by atoms with Crippen LogP contribution < -0.4 is 5.32 Å². The largest absolute Gasteiger partial charge is 0.350 e. The summed E-state index contributed by atoms with van der Waals surface area (Å²) in [4.78, 5) is 29.0. The van der Waals surface area contributed by atoms with E-state index in [-0.39, 0.29) is 11.8 Å². The van der Waals surface area contributed by atoms with Gasteiger partial charge in [0, 0.05) is 29.9 Å². The molecule has 5 heteroatoms. The fraction of sp³-hybridized carbons (Fsp3) is 0.333. The van der Waals surface area contributed by atoms with Crippen LogP contribution in [0.15, 0.2) is 78.9 Å². The van der Waals surface area contributed by atoms with Crippen molar-refractivity contribution in [2.24, 2.45) is 0 Å². The van der Waals surface area contributed by atoms with Gasteiger partial charge in [0.15, 0.2) is 0 Å². The molecular weight excluding hydrogens is 456 g/mol. The van der Waals surface area contributed by atoms with Gasteiger partial charge >= 0.3 is 0 Å². The van der Waals surface area contributed by atoms with Gasteiger partial charge in [0.05, 0.1) is 0 Å². The van der Waals surface area contributed by atoms with Gasteiger partial charge in [0.25, 0.3) is 0 Å². The summed E-state index contributed by atoms with van der Waals surface area (Å²) >= 11 is 6.24. The molecule has 0 heterocycles. The van der Waals surface area contributed by atoms with Gasteiger partial charge in [-0.15, -0.1) is 0 Å². The molecule has 2 amide bonds. The molecule has 0 fully saturated rings. The van der Waals surface area contributed by atoms with Gasteiger partial charge in [-0.2, -0.15) is 0 Å². The molecule has 0 radical (unpaired) electrons. The summed E-state index contributed by atoms with van der Waals surface area (Å²) in [6.45, 7) is 8.20. The first-order valence-electron chi connectivity index (χ1n) is 12.1. The Morgan fingerprint density at radius 3 is 2.17 bits per heavy atom. The predicted octanol–water partition coefficient (Wildman–Crippen LogP) is 6.14. The Balaban J connectivity index is 1.92. The molecule has 1 N–H and O–H groups in total. The molecule has 0 aliphatic heterocycles. The van der Waals surface area contributed by atoms with Crippen molar-refractivity contribution in [2.75, 3.05) is 0 Å². The van der Waals surface area contributed by atoms with Gasteiger partial charge in [-0.05, 0) is 62.9 Å². The highest BCUT2D eigenvalue weighted by Crippen LogP contribution is 2.20. The van der Waals surface area contributed by atoms with Gasteiger partial charge in [0.1, 0.15) is 6.04 Å². The van der Waals surface area contributed by atoms with Crippen LogP contribution in [0.1, 0.15) is 49.4 Å². The minimum absolute atomic E-state index is 0.0597. The maximum atomic E-state index is 13.7. The number of carbonyl (C=O) groups excluding carboxylic acids is 2. The zero-order valence-electron chi connectivity index (χ0n) is 21.1. The maximum Gasteiger partial charge on any atom is 0.243 e. The molecule has 1 atom stereocenters. The number of aryl methyl sites for hydroxylation is 2. The van der Waals surface area contributed by atoms with E-state index in [4.69, 9.17) is 11.6 Å². The van der Waals surface area contributed by atoms with Crippen LogP contribution >= 0.6 is 11.6 Å². The molecule has 0 saturated heterocycles. The third-order valence-corrected chi connectivity index (χ3v) is 5.99. The molecule has 184 valence electrons. The van der Waals surface area contributed by atoms with Crippen LogP contribution in [-0.4, -0.2) is 28.3 Å². The topological polar surface area (TPSA) is 49.4 Å². The van der Waals surface area contributed by atoms with E-state index in [1.807, 2.05) is 82.3 Å². The molecule has 1 unspecified atom stereocenters. The van der Waals surface area contributed by atoms with Crippen LogP contribution in [0, 0.1) is 6.92 Å². The summed E-state index contributed by atoms with van der Waals surface area (Å²) in [5, 5.41) is 3.70. The minimum atomic E-state index is -0.652. The van der Waals surface area contributed by atoms with Crippen molar-refractivity contribution >= 4 is 23.4 Å². The number of halogens is 1. The molecule has 3 aromatic rings. The van der Waals surface area contributed by atoms with Gasteiger partial charge < -0.3 is 10.2 Å². The van der Waals surface area contributed by atoms with Gasteiger partial charge in [-0.25, -0.2) is 0 Å². The van der Waals surface area contributed by atoms with Crippen molar-refractivity contribution in [1.82, 2.24) is 10.2 Å². The number of nitrogens with zero attached hydrogens (tertiary/aromatic N) is 1. The highest BCUT2D eigenvalue weighted by atomic mass is 35.5. The highest BCUT2D eigenvalue weighted by molar-refractivity contribution is 6.30. The fourth-order valence-electron chi connectivity index (χ4n) is 3.99. The number of hydrogen-bond acceptors (Lipinski definition) is 2. The number of rotatable bonds is 9. The van der Waals surface area contributed by atoms with E-state index in [2.05, 4.69) is 29.6 Å². The van der Waals surface area contributed by atoms with Gasteiger partial charge in [-0.3, -0.25) is 9.59 Å². The molecule has 0 aliphatic carbocycles. The summed E-state index contributed by atoms with van der Waals surface area (Å²) in [7, 11) is 0. The van der Waals surface area contributed by atoms with Crippen molar-refractivity contribution in [2.45, 2.75) is 65.1 Å². The Kier molecular flexibility index (Phi) is 9.11. The molecule has 0 aromatic heterocycles. The minimum Gasteiger partial charge on any atom is -0.350 e. The number of carbonyl (C=O) groups is 2. The van der Waals surface area contributed by atoms with E-state index < -0.39 is 11.6 Å². The maximum absolute atomic E-state index is 13.7. The molecule has 0 aliphatic rings. The molecular formula is C30H35ClN2O2. The smallest absolute Gasteiger partial charge is 0.243 e. The van der Waals surface area contributed by atoms with E-state index in [1.165, 1.54) is 5.56 Å². The molecule has 35 heavy (non-hydrogen) atoms. The first kappa shape index (κ1) is 26.5. The lowest BCUT2D eigenvalue weighted by Crippen LogP contribution is -2.54. The Labute approximate surface area is 214 Å². The number of hydrogen-bond donors (Lipinski definition) is 1. The second-order valence-corrected chi connectivity index (χ2v) is 10.5. The van der Waals surface area contributed by atoms with E-state index in [9.17, 15) is 9.59 Å². The standard InChI is InChI=1S/C30H35ClN2O2/c1-22-13-15-23(16-14-22)17-18-28(34)33(21-25-11-8-12-26(31)19-25)27(29(35)32-30(2,3)4)20-24-9-6-5-7-10-24/h5-16,19,27H,17-18,20-21H2,1-4H3,(H,32,35). The number of benzene rings is 3. The van der Waals surface area contributed by atoms with E-state index in [0.717, 1.165) is 16.7 Å². The SMILES string of the molecule is Cc1ccc(CCC(=O)N(Cc2cccc(Cl)c2)C(Cc2ccccc2)C(=O)NC(C)(C)C)cc1. The predicted molar refractivity (Wildman–Crippen MR) is 143 cm³/mol. The van der Waals surface area contributed by atoms with E-state index >= 15 is 0 Å². The summed E-state index contributed by atoms with van der Waals surface area (Å²) < 4.78 is 0. The molecule has 4 nitrogen and oxygen atoms in total. The second kappa shape index (κ2) is 12.0. The van der Waals surface area contributed by atoms with Crippen LogP contribution in [0.5, 0.6) is 0 Å². The van der Waals surface area contributed by atoms with Crippen molar-refractivity contribution in [3.63, 3.8) is 0 Å². The average molecular weight is 491 g/mol. The third kappa shape index (κ3) is 8.56. The Hall–Kier alpha value is -3.11. The van der Waals surface area contributed by atoms with Crippen molar-refractivity contribution in [1.29, 1.82) is 0 Å². The normalized spacial score (nSPS) is 12.1. The van der Waals surface area contributed by atoms with Gasteiger partial charge in [0.2, 0.25) is 11.8 Å². The molecule has 0 bridgehead atoms. The fourth-order valence-corrected chi connectivity index (χ4v) is 4.20. The summed E-state index contributed by atoms with van der Waals surface area (Å²) in [6, 6.07) is 24.9.